The van der Waals surface area contributed by atoms with Gasteiger partial charge in [0.15, 0.2) is 16.6 Å². The van der Waals surface area contributed by atoms with Gasteiger partial charge in [-0.05, 0) is 62.8 Å². The van der Waals surface area contributed by atoms with Crippen molar-refractivity contribution in [3.05, 3.63) is 48.0 Å². The minimum Gasteiger partial charge on any atom is -0.497 e. The van der Waals surface area contributed by atoms with Crippen molar-refractivity contribution in [2.45, 2.75) is 26.8 Å². The Balaban J connectivity index is 2.04. The van der Waals surface area contributed by atoms with E-state index in [-0.39, 0.29) is 6.04 Å². The summed E-state index contributed by atoms with van der Waals surface area (Å²) >= 11 is 5.42. The maximum absolute atomic E-state index is 5.69. The van der Waals surface area contributed by atoms with Crippen molar-refractivity contribution in [2.24, 2.45) is 0 Å². The fourth-order valence-corrected chi connectivity index (χ4v) is 2.78. The predicted molar refractivity (Wildman–Crippen MR) is 110 cm³/mol. The second-order valence-electron chi connectivity index (χ2n) is 5.62. The molecule has 2 aromatic rings. The molecule has 0 saturated heterocycles. The molecule has 0 fully saturated rings. The number of benzene rings is 2. The van der Waals surface area contributed by atoms with Crippen LogP contribution in [-0.2, 0) is 0 Å². The summed E-state index contributed by atoms with van der Waals surface area (Å²) in [4.78, 5) is 0. The normalized spacial score (nSPS) is 11.4. The number of hydrogen-bond acceptors (Lipinski definition) is 4. The highest BCUT2D eigenvalue weighted by Crippen LogP contribution is 2.30. The van der Waals surface area contributed by atoms with Crippen LogP contribution in [0.15, 0.2) is 42.5 Å². The first-order valence-corrected chi connectivity index (χ1v) is 9.09. The van der Waals surface area contributed by atoms with Crippen LogP contribution in [0.2, 0.25) is 0 Å². The maximum atomic E-state index is 5.69. The van der Waals surface area contributed by atoms with E-state index < -0.39 is 0 Å². The number of methoxy groups -OCH3 is 1. The van der Waals surface area contributed by atoms with Crippen LogP contribution in [0, 0.1) is 0 Å². The third-order valence-electron chi connectivity index (χ3n) is 3.74. The van der Waals surface area contributed by atoms with Gasteiger partial charge in [-0.15, -0.1) is 0 Å². The molecule has 2 aromatic carbocycles. The molecule has 2 N–H and O–H groups in total. The standard InChI is InChI=1S/C20H26N2O3S/c1-5-24-18-11-10-15(12-19(18)25-6-2)14(3)21-20(26)22-16-8-7-9-17(13-16)23-4/h7-14H,5-6H2,1-4H3,(H2,21,22,26)/t14-/m1/s1. The molecule has 2 rings (SSSR count). The van der Waals surface area contributed by atoms with Gasteiger partial charge in [-0.2, -0.15) is 0 Å². The molecule has 0 aliphatic heterocycles. The van der Waals surface area contributed by atoms with Gasteiger partial charge in [-0.3, -0.25) is 0 Å². The summed E-state index contributed by atoms with van der Waals surface area (Å²) in [7, 11) is 1.64. The average molecular weight is 375 g/mol. The zero-order chi connectivity index (χ0) is 18.9. The van der Waals surface area contributed by atoms with Crippen LogP contribution in [0.4, 0.5) is 5.69 Å². The summed E-state index contributed by atoms with van der Waals surface area (Å²) in [5, 5.41) is 7.00. The Kier molecular flexibility index (Phi) is 7.53. The molecule has 1 atom stereocenters. The lowest BCUT2D eigenvalue weighted by atomic mass is 10.1. The zero-order valence-electron chi connectivity index (χ0n) is 15.7. The van der Waals surface area contributed by atoms with E-state index in [4.69, 9.17) is 26.4 Å². The van der Waals surface area contributed by atoms with Gasteiger partial charge in [-0.25, -0.2) is 0 Å². The van der Waals surface area contributed by atoms with E-state index in [0.29, 0.717) is 18.3 Å². The second-order valence-corrected chi connectivity index (χ2v) is 6.03. The van der Waals surface area contributed by atoms with Crippen LogP contribution in [-0.4, -0.2) is 25.4 Å². The first-order chi connectivity index (χ1) is 12.6. The van der Waals surface area contributed by atoms with Gasteiger partial charge < -0.3 is 24.8 Å². The monoisotopic (exact) mass is 374 g/mol. The van der Waals surface area contributed by atoms with Crippen LogP contribution >= 0.6 is 12.2 Å². The highest BCUT2D eigenvalue weighted by molar-refractivity contribution is 7.80. The topological polar surface area (TPSA) is 51.8 Å². The first-order valence-electron chi connectivity index (χ1n) is 8.68. The Bertz CT molecular complexity index is 737. The van der Waals surface area contributed by atoms with Gasteiger partial charge in [0.1, 0.15) is 5.75 Å². The molecule has 0 unspecified atom stereocenters. The van der Waals surface area contributed by atoms with E-state index in [2.05, 4.69) is 10.6 Å². The lowest BCUT2D eigenvalue weighted by Crippen LogP contribution is -2.30. The molecule has 0 radical (unpaired) electrons. The number of thiocarbonyl (C=S) groups is 1. The molecule has 6 heteroatoms. The minimum atomic E-state index is 0.00971. The summed E-state index contributed by atoms with van der Waals surface area (Å²) in [5.41, 5.74) is 1.93. The highest BCUT2D eigenvalue weighted by Gasteiger charge is 2.12. The molecule has 0 saturated carbocycles. The van der Waals surface area contributed by atoms with Crippen LogP contribution in [0.5, 0.6) is 17.2 Å². The molecule has 5 nitrogen and oxygen atoms in total. The molecule has 0 aromatic heterocycles. The number of anilines is 1. The Hall–Kier alpha value is -2.47. The predicted octanol–water partition coefficient (Wildman–Crippen LogP) is 4.54. The minimum absolute atomic E-state index is 0.00971. The van der Waals surface area contributed by atoms with Gasteiger partial charge in [0.05, 0.1) is 26.4 Å². The highest BCUT2D eigenvalue weighted by atomic mass is 32.1. The van der Waals surface area contributed by atoms with Crippen molar-refractivity contribution in [1.82, 2.24) is 5.32 Å². The van der Waals surface area contributed by atoms with E-state index >= 15 is 0 Å². The van der Waals surface area contributed by atoms with Gasteiger partial charge >= 0.3 is 0 Å². The van der Waals surface area contributed by atoms with Gasteiger partial charge in [-0.1, -0.05) is 12.1 Å². The van der Waals surface area contributed by atoms with E-state index in [9.17, 15) is 0 Å². The third kappa shape index (κ3) is 5.52. The quantitative estimate of drug-likeness (QED) is 0.662. The van der Waals surface area contributed by atoms with Crippen molar-refractivity contribution >= 4 is 23.0 Å². The van der Waals surface area contributed by atoms with E-state index in [1.165, 1.54) is 0 Å². The lowest BCUT2D eigenvalue weighted by Gasteiger charge is -2.19. The fraction of sp³-hybridized carbons (Fsp3) is 0.350. The van der Waals surface area contributed by atoms with Gasteiger partial charge in [0, 0.05) is 11.8 Å². The maximum Gasteiger partial charge on any atom is 0.171 e. The van der Waals surface area contributed by atoms with Crippen molar-refractivity contribution in [3.63, 3.8) is 0 Å². The SMILES string of the molecule is CCOc1ccc([C@@H](C)NC(=S)Nc2cccc(OC)c2)cc1OCC. The molecule has 0 amide bonds. The Morgan fingerprint density at radius 3 is 2.46 bits per heavy atom. The molecule has 0 spiro atoms. The Morgan fingerprint density at radius 1 is 1.04 bits per heavy atom. The molecular weight excluding hydrogens is 348 g/mol. The smallest absolute Gasteiger partial charge is 0.171 e. The van der Waals surface area contributed by atoms with E-state index in [1.54, 1.807) is 7.11 Å². The molecule has 140 valence electrons. The molecular formula is C20H26N2O3S. The average Bonchev–Trinajstić information content (AvgIpc) is 2.63. The lowest BCUT2D eigenvalue weighted by molar-refractivity contribution is 0.287. The van der Waals surface area contributed by atoms with Gasteiger partial charge in [0.25, 0.3) is 0 Å². The molecule has 0 aliphatic carbocycles. The Labute approximate surface area is 160 Å². The largest absolute Gasteiger partial charge is 0.497 e. The van der Waals surface area contributed by atoms with E-state index in [1.807, 2.05) is 63.2 Å². The fourth-order valence-electron chi connectivity index (χ4n) is 2.49. The zero-order valence-corrected chi connectivity index (χ0v) is 16.5. The molecule has 0 bridgehead atoms. The van der Waals surface area contributed by atoms with Gasteiger partial charge in [0.2, 0.25) is 0 Å². The molecule has 26 heavy (non-hydrogen) atoms. The van der Waals surface area contributed by atoms with Crippen LogP contribution in [0.25, 0.3) is 0 Å². The third-order valence-corrected chi connectivity index (χ3v) is 3.96. The summed E-state index contributed by atoms with van der Waals surface area (Å²) in [6.45, 7) is 7.14. The molecule has 0 heterocycles. The van der Waals surface area contributed by atoms with Crippen molar-refractivity contribution in [1.29, 1.82) is 0 Å². The number of nitrogens with one attached hydrogen (secondary N) is 2. The van der Waals surface area contributed by atoms with Crippen LogP contribution in [0.1, 0.15) is 32.4 Å². The van der Waals surface area contributed by atoms with E-state index in [0.717, 1.165) is 28.5 Å². The summed E-state index contributed by atoms with van der Waals surface area (Å²) < 4.78 is 16.5. The van der Waals surface area contributed by atoms with Crippen molar-refractivity contribution < 1.29 is 14.2 Å². The Morgan fingerprint density at radius 2 is 1.77 bits per heavy atom. The van der Waals surface area contributed by atoms with Crippen LogP contribution < -0.4 is 24.8 Å². The van der Waals surface area contributed by atoms with Crippen molar-refractivity contribution in [3.8, 4) is 17.2 Å². The first kappa shape index (κ1) is 19.8. The number of hydrogen-bond donors (Lipinski definition) is 2. The second kappa shape index (κ2) is 9.87. The number of rotatable bonds is 8. The van der Waals surface area contributed by atoms with Crippen molar-refractivity contribution in [2.75, 3.05) is 25.6 Å². The number of ether oxygens (including phenoxy) is 3. The summed E-state index contributed by atoms with van der Waals surface area (Å²) in [5.74, 6) is 2.27. The van der Waals surface area contributed by atoms with Crippen LogP contribution in [0.3, 0.4) is 0 Å². The molecule has 0 aliphatic rings. The summed E-state index contributed by atoms with van der Waals surface area (Å²) in [6.07, 6.45) is 0. The summed E-state index contributed by atoms with van der Waals surface area (Å²) in [6, 6.07) is 13.6.